The van der Waals surface area contributed by atoms with Crippen LogP contribution >= 0.6 is 0 Å². The van der Waals surface area contributed by atoms with Crippen molar-refractivity contribution < 1.29 is 9.53 Å². The Morgan fingerprint density at radius 1 is 1.30 bits per heavy atom. The van der Waals surface area contributed by atoms with Gasteiger partial charge in [-0.2, -0.15) is 0 Å². The maximum Gasteiger partial charge on any atom is 0.248 e. The summed E-state index contributed by atoms with van der Waals surface area (Å²) in [5.41, 5.74) is 2.58. The van der Waals surface area contributed by atoms with Crippen molar-refractivity contribution in [2.75, 3.05) is 32.8 Å². The van der Waals surface area contributed by atoms with Gasteiger partial charge in [0.1, 0.15) is 6.61 Å². The van der Waals surface area contributed by atoms with Crippen LogP contribution in [-0.4, -0.2) is 43.7 Å². The summed E-state index contributed by atoms with van der Waals surface area (Å²) in [6.07, 6.45) is 1.05. The highest BCUT2D eigenvalue weighted by Gasteiger charge is 2.22. The fourth-order valence-electron chi connectivity index (χ4n) is 2.48. The molecule has 1 fully saturated rings. The molecule has 0 radical (unpaired) electrons. The van der Waals surface area contributed by atoms with Crippen molar-refractivity contribution in [3.8, 4) is 0 Å². The van der Waals surface area contributed by atoms with Crippen LogP contribution in [0.15, 0.2) is 24.3 Å². The van der Waals surface area contributed by atoms with E-state index in [1.54, 1.807) is 0 Å². The number of ether oxygens (including phenoxy) is 1. The predicted molar refractivity (Wildman–Crippen MR) is 79.6 cm³/mol. The molecule has 1 heterocycles. The summed E-state index contributed by atoms with van der Waals surface area (Å²) in [6, 6.07) is 8.85. The Balaban J connectivity index is 2.06. The number of aryl methyl sites for hydroxylation is 1. The molecule has 20 heavy (non-hydrogen) atoms. The zero-order valence-electron chi connectivity index (χ0n) is 12.4. The fraction of sp³-hybridized carbons (Fsp3) is 0.562. The fourth-order valence-corrected chi connectivity index (χ4v) is 2.48. The highest BCUT2D eigenvalue weighted by molar-refractivity contribution is 5.78. The molecule has 1 aliphatic heterocycles. The standard InChI is InChI=1S/C16H24N2O2/c1-3-13-5-7-14(8-6-13)15(17-4-2)11-18-9-10-20-12-16(18)19/h5-8,15,17H,3-4,9-12H2,1-2H3. The zero-order valence-corrected chi connectivity index (χ0v) is 12.4. The van der Waals surface area contributed by atoms with Gasteiger partial charge in [0.2, 0.25) is 5.91 Å². The first-order valence-corrected chi connectivity index (χ1v) is 7.42. The maximum atomic E-state index is 11.8. The number of rotatable bonds is 6. The Morgan fingerprint density at radius 3 is 2.65 bits per heavy atom. The molecule has 4 heteroatoms. The summed E-state index contributed by atoms with van der Waals surface area (Å²) in [4.78, 5) is 13.7. The van der Waals surface area contributed by atoms with Crippen molar-refractivity contribution in [3.63, 3.8) is 0 Å². The summed E-state index contributed by atoms with van der Waals surface area (Å²) in [7, 11) is 0. The number of carbonyl (C=O) groups is 1. The van der Waals surface area contributed by atoms with Gasteiger partial charge in [0, 0.05) is 19.1 Å². The molecule has 4 nitrogen and oxygen atoms in total. The number of nitrogens with one attached hydrogen (secondary N) is 1. The van der Waals surface area contributed by atoms with Crippen LogP contribution in [0.5, 0.6) is 0 Å². The lowest BCUT2D eigenvalue weighted by Gasteiger charge is -2.31. The first-order valence-electron chi connectivity index (χ1n) is 7.42. The topological polar surface area (TPSA) is 41.6 Å². The van der Waals surface area contributed by atoms with Gasteiger partial charge in [0.05, 0.1) is 6.61 Å². The molecule has 1 atom stereocenters. The van der Waals surface area contributed by atoms with Gasteiger partial charge in [0.15, 0.2) is 0 Å². The molecule has 1 saturated heterocycles. The van der Waals surface area contributed by atoms with Gasteiger partial charge in [-0.15, -0.1) is 0 Å². The molecule has 0 spiro atoms. The minimum atomic E-state index is 0.0873. The van der Waals surface area contributed by atoms with E-state index in [1.807, 2.05) is 4.90 Å². The molecule has 110 valence electrons. The van der Waals surface area contributed by atoms with E-state index in [0.717, 1.165) is 13.0 Å². The second-order valence-corrected chi connectivity index (χ2v) is 5.10. The monoisotopic (exact) mass is 276 g/mol. The molecule has 0 saturated carbocycles. The van der Waals surface area contributed by atoms with E-state index in [-0.39, 0.29) is 18.6 Å². The van der Waals surface area contributed by atoms with Crippen molar-refractivity contribution >= 4 is 5.91 Å². The Bertz CT molecular complexity index is 431. The minimum Gasteiger partial charge on any atom is -0.370 e. The van der Waals surface area contributed by atoms with Crippen LogP contribution in [0, 0.1) is 0 Å². The van der Waals surface area contributed by atoms with E-state index in [9.17, 15) is 4.79 Å². The lowest BCUT2D eigenvalue weighted by atomic mass is 10.0. The normalized spacial score (nSPS) is 17.3. The van der Waals surface area contributed by atoms with Crippen molar-refractivity contribution in [3.05, 3.63) is 35.4 Å². The maximum absolute atomic E-state index is 11.8. The smallest absolute Gasteiger partial charge is 0.248 e. The summed E-state index contributed by atoms with van der Waals surface area (Å²) in [6.45, 7) is 7.39. The van der Waals surface area contributed by atoms with Gasteiger partial charge in [-0.05, 0) is 24.1 Å². The van der Waals surface area contributed by atoms with Crippen LogP contribution in [0.3, 0.4) is 0 Å². The first-order chi connectivity index (χ1) is 9.74. The van der Waals surface area contributed by atoms with E-state index in [1.165, 1.54) is 11.1 Å². The predicted octanol–water partition coefficient (Wildman–Crippen LogP) is 1.76. The number of amides is 1. The second-order valence-electron chi connectivity index (χ2n) is 5.10. The second kappa shape index (κ2) is 7.41. The zero-order chi connectivity index (χ0) is 14.4. The van der Waals surface area contributed by atoms with E-state index in [0.29, 0.717) is 19.7 Å². The number of carbonyl (C=O) groups excluding carboxylic acids is 1. The molecular weight excluding hydrogens is 252 g/mol. The van der Waals surface area contributed by atoms with E-state index in [2.05, 4.69) is 43.4 Å². The van der Waals surface area contributed by atoms with Crippen LogP contribution in [0.2, 0.25) is 0 Å². The molecule has 1 N–H and O–H groups in total. The quantitative estimate of drug-likeness (QED) is 0.861. The number of benzene rings is 1. The molecule has 1 unspecified atom stereocenters. The van der Waals surface area contributed by atoms with Crippen molar-refractivity contribution in [1.82, 2.24) is 10.2 Å². The van der Waals surface area contributed by atoms with Crippen molar-refractivity contribution in [1.29, 1.82) is 0 Å². The molecule has 1 aromatic carbocycles. The first kappa shape index (κ1) is 15.0. The number of nitrogens with zero attached hydrogens (tertiary/aromatic N) is 1. The van der Waals surface area contributed by atoms with Gasteiger partial charge in [-0.1, -0.05) is 38.1 Å². The summed E-state index contributed by atoms with van der Waals surface area (Å²) in [5, 5.41) is 3.47. The summed E-state index contributed by atoms with van der Waals surface area (Å²) in [5.74, 6) is 0.0873. The lowest BCUT2D eigenvalue weighted by molar-refractivity contribution is -0.143. The number of hydrogen-bond donors (Lipinski definition) is 1. The number of morpholine rings is 1. The van der Waals surface area contributed by atoms with Gasteiger partial charge in [-0.3, -0.25) is 4.79 Å². The van der Waals surface area contributed by atoms with Crippen molar-refractivity contribution in [2.24, 2.45) is 0 Å². The van der Waals surface area contributed by atoms with E-state index >= 15 is 0 Å². The van der Waals surface area contributed by atoms with E-state index in [4.69, 9.17) is 4.74 Å². The Kier molecular flexibility index (Phi) is 5.56. The molecule has 0 aromatic heterocycles. The lowest BCUT2D eigenvalue weighted by Crippen LogP contribution is -2.45. The van der Waals surface area contributed by atoms with Crippen LogP contribution in [-0.2, 0) is 16.0 Å². The minimum absolute atomic E-state index is 0.0873. The van der Waals surface area contributed by atoms with E-state index < -0.39 is 0 Å². The average molecular weight is 276 g/mol. The third kappa shape index (κ3) is 3.81. The highest BCUT2D eigenvalue weighted by atomic mass is 16.5. The number of likely N-dealkylation sites (N-methyl/N-ethyl adjacent to an activating group) is 1. The van der Waals surface area contributed by atoms with Crippen molar-refractivity contribution in [2.45, 2.75) is 26.3 Å². The Hall–Kier alpha value is -1.39. The van der Waals surface area contributed by atoms with Gasteiger partial charge < -0.3 is 15.0 Å². The molecule has 1 amide bonds. The summed E-state index contributed by atoms with van der Waals surface area (Å²) >= 11 is 0. The third-order valence-electron chi connectivity index (χ3n) is 3.73. The Labute approximate surface area is 121 Å². The average Bonchev–Trinajstić information content (AvgIpc) is 2.49. The highest BCUT2D eigenvalue weighted by Crippen LogP contribution is 2.17. The molecule has 1 aromatic rings. The van der Waals surface area contributed by atoms with Crippen LogP contribution in [0.25, 0.3) is 0 Å². The number of hydrogen-bond acceptors (Lipinski definition) is 3. The van der Waals surface area contributed by atoms with Crippen LogP contribution < -0.4 is 5.32 Å². The molecule has 1 aliphatic rings. The molecule has 2 rings (SSSR count). The van der Waals surface area contributed by atoms with Crippen LogP contribution in [0.4, 0.5) is 0 Å². The third-order valence-corrected chi connectivity index (χ3v) is 3.73. The van der Waals surface area contributed by atoms with Gasteiger partial charge in [0.25, 0.3) is 0 Å². The SMILES string of the molecule is CCNC(CN1CCOCC1=O)c1ccc(CC)cc1. The summed E-state index contributed by atoms with van der Waals surface area (Å²) < 4.78 is 5.18. The van der Waals surface area contributed by atoms with Gasteiger partial charge >= 0.3 is 0 Å². The molecular formula is C16H24N2O2. The molecule has 0 bridgehead atoms. The van der Waals surface area contributed by atoms with Gasteiger partial charge in [-0.25, -0.2) is 0 Å². The Morgan fingerprint density at radius 2 is 2.05 bits per heavy atom. The van der Waals surface area contributed by atoms with Crippen LogP contribution in [0.1, 0.15) is 31.0 Å². The largest absolute Gasteiger partial charge is 0.370 e. The molecule has 0 aliphatic carbocycles.